The fourth-order valence-electron chi connectivity index (χ4n) is 4.25. The van der Waals surface area contributed by atoms with Crippen LogP contribution >= 0.6 is 11.3 Å². The van der Waals surface area contributed by atoms with Gasteiger partial charge in [0.15, 0.2) is 17.5 Å². The monoisotopic (exact) mass is 478 g/mol. The summed E-state index contributed by atoms with van der Waals surface area (Å²) in [5.41, 5.74) is 1.12. The molecular weight excluding hydrogens is 457 g/mol. The molecule has 2 atom stereocenters. The van der Waals surface area contributed by atoms with E-state index < -0.39 is 23.5 Å². The smallest absolute Gasteiger partial charge is 0.314 e. The first-order valence-corrected chi connectivity index (χ1v) is 11.2. The zero-order valence-corrected chi connectivity index (χ0v) is 18.3. The first kappa shape index (κ1) is 21.4. The number of thiazole rings is 1. The van der Waals surface area contributed by atoms with Gasteiger partial charge in [-0.3, -0.25) is 9.48 Å². The maximum Gasteiger partial charge on any atom is 0.322 e. The molecule has 4 heterocycles. The molecule has 1 unspecified atom stereocenters. The Morgan fingerprint density at radius 3 is 2.70 bits per heavy atom. The third-order valence-corrected chi connectivity index (χ3v) is 6.87. The molecule has 1 fully saturated rings. The van der Waals surface area contributed by atoms with Crippen LogP contribution in [-0.2, 0) is 17.9 Å². The highest BCUT2D eigenvalue weighted by atomic mass is 32.1. The molecule has 2 aromatic heterocycles. The van der Waals surface area contributed by atoms with Crippen molar-refractivity contribution in [2.24, 2.45) is 0 Å². The van der Waals surface area contributed by atoms with E-state index in [4.69, 9.17) is 0 Å². The van der Waals surface area contributed by atoms with Crippen LogP contribution in [-0.4, -0.2) is 44.2 Å². The van der Waals surface area contributed by atoms with E-state index >= 15 is 0 Å². The number of aromatic nitrogens is 3. The summed E-state index contributed by atoms with van der Waals surface area (Å²) in [6, 6.07) is 0.572. The third kappa shape index (κ3) is 3.84. The van der Waals surface area contributed by atoms with Crippen LogP contribution in [0.15, 0.2) is 29.9 Å². The molecule has 2 aliphatic heterocycles. The van der Waals surface area contributed by atoms with Gasteiger partial charge in [0.05, 0.1) is 41.7 Å². The number of nitrogens with zero attached hydrogens (tertiary/aromatic N) is 5. The number of benzene rings is 1. The molecule has 5 rings (SSSR count). The van der Waals surface area contributed by atoms with Gasteiger partial charge in [0.2, 0.25) is 5.91 Å². The number of anilines is 2. The molecule has 1 aromatic carbocycles. The van der Waals surface area contributed by atoms with Gasteiger partial charge in [-0.25, -0.2) is 22.9 Å². The molecule has 3 aromatic rings. The number of hydrogen-bond acceptors (Lipinski definition) is 5. The first-order chi connectivity index (χ1) is 15.8. The third-order valence-electron chi connectivity index (χ3n) is 5.93. The summed E-state index contributed by atoms with van der Waals surface area (Å²) in [5, 5.41) is 9.59. The van der Waals surface area contributed by atoms with E-state index in [2.05, 4.69) is 15.4 Å². The van der Waals surface area contributed by atoms with Gasteiger partial charge in [-0.05, 0) is 6.92 Å². The Balaban J connectivity index is 0.00000274. The summed E-state index contributed by atoms with van der Waals surface area (Å²) >= 11 is 1.51. The van der Waals surface area contributed by atoms with Gasteiger partial charge >= 0.3 is 6.03 Å². The number of halogens is 3. The molecule has 0 radical (unpaired) electrons. The first-order valence-electron chi connectivity index (χ1n) is 10.3. The highest BCUT2D eigenvalue weighted by molar-refractivity contribution is 7.09. The van der Waals surface area contributed by atoms with Crippen LogP contribution in [0.25, 0.3) is 0 Å². The molecule has 12 heteroatoms. The fourth-order valence-corrected chi connectivity index (χ4v) is 4.98. The number of fused-ring (bicyclic) bond motifs is 1. The number of nitrogens with one attached hydrogen (secondary N) is 1. The van der Waals surface area contributed by atoms with Crippen molar-refractivity contribution in [1.29, 1.82) is 0 Å². The molecule has 0 saturated carbocycles. The van der Waals surface area contributed by atoms with Gasteiger partial charge in [-0.1, -0.05) is 0 Å². The van der Waals surface area contributed by atoms with Gasteiger partial charge < -0.3 is 15.1 Å². The van der Waals surface area contributed by atoms with Crippen molar-refractivity contribution in [1.82, 2.24) is 19.7 Å². The van der Waals surface area contributed by atoms with Crippen LogP contribution in [0.4, 0.5) is 29.3 Å². The van der Waals surface area contributed by atoms with E-state index in [1.165, 1.54) is 16.2 Å². The topological polar surface area (TPSA) is 83.4 Å². The van der Waals surface area contributed by atoms with Gasteiger partial charge in [-0.15, -0.1) is 11.3 Å². The summed E-state index contributed by atoms with van der Waals surface area (Å²) in [7, 11) is 0. The van der Waals surface area contributed by atoms with Crippen molar-refractivity contribution in [3.8, 4) is 0 Å². The normalized spacial score (nSPS) is 20.3. The molecule has 3 amide bonds. The number of rotatable bonds is 3. The number of hydrogen-bond donors (Lipinski definition) is 1. The Morgan fingerprint density at radius 2 is 2.00 bits per heavy atom. The highest BCUT2D eigenvalue weighted by Gasteiger charge is 2.37. The molecule has 0 aliphatic carbocycles. The summed E-state index contributed by atoms with van der Waals surface area (Å²) < 4.78 is 42.0. The van der Waals surface area contributed by atoms with Crippen molar-refractivity contribution >= 4 is 34.6 Å². The standard InChI is InChI=1S/C21H19F3N6O2S.H2/c1-11-8-30-17(10-28(11)21(32)27-13-5-14(22)19(24)15(23)6-13)16(7-26-30)29-9-12(4-18(29)31)20-25-2-3-33-20;/h2-3,5-7,11-12H,4,8-10H2,1H3,(H,27,32);1H/t11-,12?;/m0./s1. The lowest BCUT2D eigenvalue weighted by atomic mass is 10.1. The van der Waals surface area contributed by atoms with E-state index in [0.29, 0.717) is 30.9 Å². The van der Waals surface area contributed by atoms with E-state index in [1.807, 2.05) is 12.3 Å². The molecule has 174 valence electrons. The molecule has 33 heavy (non-hydrogen) atoms. The second kappa shape index (κ2) is 8.18. The van der Waals surface area contributed by atoms with Crippen LogP contribution in [0, 0.1) is 17.5 Å². The summed E-state index contributed by atoms with van der Waals surface area (Å²) in [4.78, 5) is 33.1. The summed E-state index contributed by atoms with van der Waals surface area (Å²) in [5.74, 6) is -4.42. The Bertz CT molecular complexity index is 1210. The number of carbonyl (C=O) groups is 2. The Labute approximate surface area is 192 Å². The van der Waals surface area contributed by atoms with Crippen LogP contribution in [0.2, 0.25) is 0 Å². The lowest BCUT2D eigenvalue weighted by Crippen LogP contribution is -2.47. The van der Waals surface area contributed by atoms with E-state index in [0.717, 1.165) is 17.1 Å². The average molecular weight is 479 g/mol. The van der Waals surface area contributed by atoms with Crippen molar-refractivity contribution in [2.45, 2.75) is 38.4 Å². The lowest BCUT2D eigenvalue weighted by molar-refractivity contribution is -0.117. The van der Waals surface area contributed by atoms with Gasteiger partial charge in [0.25, 0.3) is 0 Å². The predicted octanol–water partition coefficient (Wildman–Crippen LogP) is 3.96. The Morgan fingerprint density at radius 1 is 1.24 bits per heavy atom. The Hall–Kier alpha value is -3.41. The quantitative estimate of drug-likeness (QED) is 0.578. The fraction of sp³-hybridized carbons (Fsp3) is 0.333. The second-order valence-corrected chi connectivity index (χ2v) is 9.02. The number of carbonyl (C=O) groups excluding carboxylic acids is 2. The van der Waals surface area contributed by atoms with Crippen LogP contribution in [0.3, 0.4) is 0 Å². The lowest BCUT2D eigenvalue weighted by Gasteiger charge is -2.35. The Kier molecular flexibility index (Phi) is 5.31. The van der Waals surface area contributed by atoms with Crippen molar-refractivity contribution in [3.05, 3.63) is 58.1 Å². The number of amides is 3. The molecule has 1 N–H and O–H groups in total. The molecule has 0 bridgehead atoms. The molecule has 0 spiro atoms. The van der Waals surface area contributed by atoms with Crippen LogP contribution in [0.5, 0.6) is 0 Å². The van der Waals surface area contributed by atoms with Crippen LogP contribution < -0.4 is 10.2 Å². The maximum atomic E-state index is 13.5. The zero-order chi connectivity index (χ0) is 23.3. The van der Waals surface area contributed by atoms with Crippen molar-refractivity contribution in [2.75, 3.05) is 16.8 Å². The minimum atomic E-state index is -1.60. The second-order valence-electron chi connectivity index (χ2n) is 8.10. The van der Waals surface area contributed by atoms with E-state index in [-0.39, 0.29) is 31.5 Å². The molecule has 2 aliphatic rings. The zero-order valence-electron chi connectivity index (χ0n) is 17.5. The van der Waals surface area contributed by atoms with E-state index in [1.54, 1.807) is 22.0 Å². The van der Waals surface area contributed by atoms with Crippen molar-refractivity contribution < 1.29 is 24.2 Å². The minimum absolute atomic E-state index is 0. The predicted molar refractivity (Wildman–Crippen MR) is 117 cm³/mol. The molecule has 8 nitrogen and oxygen atoms in total. The van der Waals surface area contributed by atoms with Gasteiger partial charge in [-0.2, -0.15) is 5.10 Å². The molecule has 1 saturated heterocycles. The van der Waals surface area contributed by atoms with Crippen LogP contribution in [0.1, 0.15) is 31.4 Å². The molecular formula is C21H21F3N6O2S. The highest BCUT2D eigenvalue weighted by Crippen LogP contribution is 2.36. The number of urea groups is 1. The average Bonchev–Trinajstić information content (AvgIpc) is 3.50. The SMILES string of the molecule is C[C@H]1Cn2ncc(N3CC(c4nccs4)CC3=O)c2CN1C(=O)Nc1cc(F)c(F)c(F)c1.[HH]. The minimum Gasteiger partial charge on any atom is -0.314 e. The largest absolute Gasteiger partial charge is 0.322 e. The summed E-state index contributed by atoms with van der Waals surface area (Å²) in [6.07, 6.45) is 3.68. The summed E-state index contributed by atoms with van der Waals surface area (Å²) in [6.45, 7) is 2.81. The van der Waals surface area contributed by atoms with Crippen molar-refractivity contribution in [3.63, 3.8) is 0 Å². The maximum absolute atomic E-state index is 13.5. The van der Waals surface area contributed by atoms with Gasteiger partial charge in [0, 0.05) is 49.7 Å². The van der Waals surface area contributed by atoms with E-state index in [9.17, 15) is 22.8 Å². The van der Waals surface area contributed by atoms with Gasteiger partial charge in [0.1, 0.15) is 0 Å².